The summed E-state index contributed by atoms with van der Waals surface area (Å²) in [5.74, 6) is 2.58. The molecule has 0 aromatic heterocycles. The molecule has 0 spiro atoms. The SMILES string of the molecule is CC1(C)OB(C2CC2C2CCC2)OC1(C)C. The normalized spacial score (nSPS) is 40.9. The van der Waals surface area contributed by atoms with E-state index in [9.17, 15) is 0 Å². The monoisotopic (exact) mass is 222 g/mol. The average molecular weight is 222 g/mol. The Kier molecular flexibility index (Phi) is 2.26. The zero-order valence-corrected chi connectivity index (χ0v) is 11.0. The summed E-state index contributed by atoms with van der Waals surface area (Å²) in [5.41, 5.74) is -0.297. The maximum atomic E-state index is 6.11. The van der Waals surface area contributed by atoms with E-state index >= 15 is 0 Å². The molecule has 2 nitrogen and oxygen atoms in total. The Morgan fingerprint density at radius 2 is 1.56 bits per heavy atom. The van der Waals surface area contributed by atoms with Gasteiger partial charge in [-0.15, -0.1) is 0 Å². The molecule has 16 heavy (non-hydrogen) atoms. The van der Waals surface area contributed by atoms with Crippen molar-refractivity contribution < 1.29 is 9.31 Å². The molecule has 90 valence electrons. The quantitative estimate of drug-likeness (QED) is 0.667. The smallest absolute Gasteiger partial charge is 0.403 e. The van der Waals surface area contributed by atoms with Crippen molar-refractivity contribution in [2.75, 3.05) is 0 Å². The van der Waals surface area contributed by atoms with Gasteiger partial charge in [-0.3, -0.25) is 0 Å². The first-order valence-corrected chi connectivity index (χ1v) is 6.76. The fraction of sp³-hybridized carbons (Fsp3) is 1.00. The zero-order chi connectivity index (χ0) is 11.6. The van der Waals surface area contributed by atoms with Crippen LogP contribution in [0.1, 0.15) is 53.4 Å². The van der Waals surface area contributed by atoms with Crippen molar-refractivity contribution in [3.05, 3.63) is 0 Å². The molecule has 0 radical (unpaired) electrons. The summed E-state index contributed by atoms with van der Waals surface area (Å²) in [4.78, 5) is 0. The Bertz CT molecular complexity index is 280. The Morgan fingerprint density at radius 1 is 1.00 bits per heavy atom. The molecule has 3 fully saturated rings. The molecular weight excluding hydrogens is 199 g/mol. The molecular formula is C13H23BO2. The van der Waals surface area contributed by atoms with Crippen LogP contribution in [0.2, 0.25) is 5.82 Å². The lowest BCUT2D eigenvalue weighted by atomic mass is 9.74. The van der Waals surface area contributed by atoms with Crippen LogP contribution in [-0.2, 0) is 9.31 Å². The molecule has 3 rings (SSSR count). The second-order valence-corrected chi connectivity index (χ2v) is 6.88. The predicted molar refractivity (Wildman–Crippen MR) is 65.3 cm³/mol. The lowest BCUT2D eigenvalue weighted by Crippen LogP contribution is -2.41. The molecule has 0 bridgehead atoms. The number of rotatable bonds is 2. The Hall–Kier alpha value is -0.0151. The van der Waals surface area contributed by atoms with E-state index in [1.54, 1.807) is 0 Å². The molecule has 3 aliphatic rings. The largest absolute Gasteiger partial charge is 0.461 e. The number of hydrogen-bond donors (Lipinski definition) is 0. The highest BCUT2D eigenvalue weighted by Gasteiger charge is 2.61. The van der Waals surface area contributed by atoms with Crippen molar-refractivity contribution >= 4 is 7.12 Å². The lowest BCUT2D eigenvalue weighted by Gasteiger charge is -2.32. The first-order valence-electron chi connectivity index (χ1n) is 6.76. The van der Waals surface area contributed by atoms with E-state index in [1.165, 1.54) is 25.7 Å². The van der Waals surface area contributed by atoms with Gasteiger partial charge in [-0.2, -0.15) is 0 Å². The lowest BCUT2D eigenvalue weighted by molar-refractivity contribution is 0.00578. The summed E-state index contributed by atoms with van der Waals surface area (Å²) in [5, 5.41) is 0. The van der Waals surface area contributed by atoms with Gasteiger partial charge in [0.05, 0.1) is 11.2 Å². The first-order chi connectivity index (χ1) is 7.41. The van der Waals surface area contributed by atoms with Crippen LogP contribution >= 0.6 is 0 Å². The van der Waals surface area contributed by atoms with Crippen LogP contribution in [0.3, 0.4) is 0 Å². The average Bonchev–Trinajstić information content (AvgIpc) is 2.73. The number of hydrogen-bond acceptors (Lipinski definition) is 2. The van der Waals surface area contributed by atoms with Crippen LogP contribution in [0.5, 0.6) is 0 Å². The molecule has 2 saturated carbocycles. The van der Waals surface area contributed by atoms with Crippen molar-refractivity contribution in [2.24, 2.45) is 11.8 Å². The fourth-order valence-electron chi connectivity index (χ4n) is 3.02. The highest BCUT2D eigenvalue weighted by Crippen LogP contribution is 2.59. The molecule has 0 aromatic carbocycles. The van der Waals surface area contributed by atoms with E-state index < -0.39 is 0 Å². The highest BCUT2D eigenvalue weighted by molar-refractivity contribution is 6.48. The minimum atomic E-state index is -0.148. The molecule has 0 amide bonds. The van der Waals surface area contributed by atoms with Crippen LogP contribution in [0.25, 0.3) is 0 Å². The van der Waals surface area contributed by atoms with Gasteiger partial charge >= 0.3 is 7.12 Å². The van der Waals surface area contributed by atoms with Crippen LogP contribution in [0.4, 0.5) is 0 Å². The summed E-state index contributed by atoms with van der Waals surface area (Å²) in [6.07, 6.45) is 5.67. The topological polar surface area (TPSA) is 18.5 Å². The summed E-state index contributed by atoms with van der Waals surface area (Å²) in [6.45, 7) is 8.59. The summed E-state index contributed by atoms with van der Waals surface area (Å²) in [6, 6.07) is 0. The molecule has 1 saturated heterocycles. The third-order valence-corrected chi connectivity index (χ3v) is 5.27. The van der Waals surface area contributed by atoms with Gasteiger partial charge in [-0.25, -0.2) is 0 Å². The van der Waals surface area contributed by atoms with Gasteiger partial charge in [0.25, 0.3) is 0 Å². The molecule has 1 heterocycles. The van der Waals surface area contributed by atoms with Gasteiger partial charge in [0.2, 0.25) is 0 Å². The van der Waals surface area contributed by atoms with Crippen LogP contribution in [0, 0.1) is 11.8 Å². The van der Waals surface area contributed by atoms with Crippen molar-refractivity contribution in [1.29, 1.82) is 0 Å². The van der Waals surface area contributed by atoms with Gasteiger partial charge in [-0.1, -0.05) is 19.3 Å². The molecule has 0 aromatic rings. The second kappa shape index (κ2) is 3.26. The van der Waals surface area contributed by atoms with E-state index in [0.29, 0.717) is 5.82 Å². The summed E-state index contributed by atoms with van der Waals surface area (Å²) in [7, 11) is 0.0654. The Labute approximate surface area is 99.2 Å². The third kappa shape index (κ3) is 1.55. The van der Waals surface area contributed by atoms with E-state index in [-0.39, 0.29) is 18.3 Å². The molecule has 0 N–H and O–H groups in total. The van der Waals surface area contributed by atoms with Crippen LogP contribution < -0.4 is 0 Å². The van der Waals surface area contributed by atoms with Crippen LogP contribution in [0.15, 0.2) is 0 Å². The van der Waals surface area contributed by atoms with Crippen molar-refractivity contribution in [3.8, 4) is 0 Å². The van der Waals surface area contributed by atoms with E-state index in [0.717, 1.165) is 11.8 Å². The molecule has 3 heteroatoms. The minimum Gasteiger partial charge on any atom is -0.403 e. The third-order valence-electron chi connectivity index (χ3n) is 5.27. The van der Waals surface area contributed by atoms with Gasteiger partial charge in [0, 0.05) is 0 Å². The Balaban J connectivity index is 1.62. The molecule has 2 atom stereocenters. The molecule has 1 aliphatic heterocycles. The molecule has 2 aliphatic carbocycles. The van der Waals surface area contributed by atoms with Gasteiger partial charge in [-0.05, 0) is 51.8 Å². The van der Waals surface area contributed by atoms with Crippen molar-refractivity contribution in [3.63, 3.8) is 0 Å². The van der Waals surface area contributed by atoms with Crippen molar-refractivity contribution in [2.45, 2.75) is 70.4 Å². The summed E-state index contributed by atoms with van der Waals surface area (Å²) < 4.78 is 12.2. The maximum Gasteiger partial charge on any atom is 0.461 e. The van der Waals surface area contributed by atoms with Gasteiger partial charge in [0.15, 0.2) is 0 Å². The van der Waals surface area contributed by atoms with Crippen LogP contribution in [-0.4, -0.2) is 18.3 Å². The predicted octanol–water partition coefficient (Wildman–Crippen LogP) is 3.27. The van der Waals surface area contributed by atoms with E-state index in [2.05, 4.69) is 27.7 Å². The zero-order valence-electron chi connectivity index (χ0n) is 11.0. The minimum absolute atomic E-state index is 0.0654. The summed E-state index contributed by atoms with van der Waals surface area (Å²) >= 11 is 0. The Morgan fingerprint density at radius 3 is 2.00 bits per heavy atom. The van der Waals surface area contributed by atoms with Gasteiger partial charge in [0.1, 0.15) is 0 Å². The molecule has 2 unspecified atom stereocenters. The highest BCUT2D eigenvalue weighted by atomic mass is 16.7. The van der Waals surface area contributed by atoms with Gasteiger partial charge < -0.3 is 9.31 Å². The second-order valence-electron chi connectivity index (χ2n) is 6.88. The van der Waals surface area contributed by atoms with E-state index in [4.69, 9.17) is 9.31 Å². The standard InChI is InChI=1S/C13H23BO2/c1-12(2)13(3,4)16-14(15-12)11-8-10(11)9-6-5-7-9/h9-11H,5-8H2,1-4H3. The fourth-order valence-corrected chi connectivity index (χ4v) is 3.02. The maximum absolute atomic E-state index is 6.11. The first kappa shape index (κ1) is 11.1. The van der Waals surface area contributed by atoms with E-state index in [1.807, 2.05) is 0 Å². The van der Waals surface area contributed by atoms with Crippen molar-refractivity contribution in [1.82, 2.24) is 0 Å².